The van der Waals surface area contributed by atoms with Crippen molar-refractivity contribution in [3.05, 3.63) is 12.2 Å². The van der Waals surface area contributed by atoms with Gasteiger partial charge in [-0.3, -0.25) is 9.89 Å². The molecule has 1 saturated heterocycles. The number of aryl methyl sites for hydroxylation is 1. The van der Waals surface area contributed by atoms with Gasteiger partial charge in [0.1, 0.15) is 5.82 Å². The van der Waals surface area contributed by atoms with Crippen molar-refractivity contribution in [2.45, 2.75) is 57.3 Å². The minimum Gasteiger partial charge on any atom is -0.390 e. The summed E-state index contributed by atoms with van der Waals surface area (Å²) in [6, 6.07) is -0.481. The summed E-state index contributed by atoms with van der Waals surface area (Å²) in [7, 11) is -3.87. The van der Waals surface area contributed by atoms with Gasteiger partial charge in [-0.15, -0.1) is 5.10 Å². The molecule has 2 rings (SSSR count). The Morgan fingerprint density at radius 1 is 1.52 bits per heavy atom. The number of carbonyl (C=O) groups excluding carboxylic acids is 1. The SMILES string of the molecule is Cc1nc(S(=O)(=O)N2CCCC(NC(=O)[CH]CC(C)C)[C@@H](O)C2)n[nH]1. The van der Waals surface area contributed by atoms with Crippen LogP contribution in [0.15, 0.2) is 5.16 Å². The molecule has 1 aromatic heterocycles. The molecule has 0 aliphatic carbocycles. The number of rotatable bonds is 6. The van der Waals surface area contributed by atoms with E-state index in [9.17, 15) is 18.3 Å². The summed E-state index contributed by atoms with van der Waals surface area (Å²) in [5.41, 5.74) is 0. The highest BCUT2D eigenvalue weighted by Crippen LogP contribution is 2.19. The molecule has 0 saturated carbocycles. The van der Waals surface area contributed by atoms with Gasteiger partial charge in [0.15, 0.2) is 0 Å². The van der Waals surface area contributed by atoms with E-state index in [4.69, 9.17) is 0 Å². The van der Waals surface area contributed by atoms with Crippen molar-refractivity contribution >= 4 is 15.9 Å². The summed E-state index contributed by atoms with van der Waals surface area (Å²) in [6.45, 7) is 5.78. The van der Waals surface area contributed by atoms with E-state index in [-0.39, 0.29) is 24.2 Å². The molecule has 1 fully saturated rings. The van der Waals surface area contributed by atoms with Gasteiger partial charge in [0, 0.05) is 19.5 Å². The average Bonchev–Trinajstić information content (AvgIpc) is 2.89. The Morgan fingerprint density at radius 2 is 2.24 bits per heavy atom. The van der Waals surface area contributed by atoms with Gasteiger partial charge >= 0.3 is 0 Å². The van der Waals surface area contributed by atoms with E-state index in [1.807, 2.05) is 13.8 Å². The van der Waals surface area contributed by atoms with Crippen molar-refractivity contribution < 1.29 is 18.3 Å². The number of β-amino-alcohol motifs (C(OH)–C–C–N with tert-alkyl or cyclic N) is 1. The molecule has 25 heavy (non-hydrogen) atoms. The minimum absolute atomic E-state index is 0.106. The summed E-state index contributed by atoms with van der Waals surface area (Å²) >= 11 is 0. The first-order chi connectivity index (χ1) is 11.7. The van der Waals surface area contributed by atoms with Gasteiger partial charge in [-0.2, -0.15) is 4.31 Å². The smallest absolute Gasteiger partial charge is 0.282 e. The van der Waals surface area contributed by atoms with Crippen LogP contribution >= 0.6 is 0 Å². The Kier molecular flexibility index (Phi) is 6.53. The lowest BCUT2D eigenvalue weighted by Gasteiger charge is -2.24. The average molecular weight is 372 g/mol. The van der Waals surface area contributed by atoms with Gasteiger partial charge in [0.05, 0.1) is 12.1 Å². The largest absolute Gasteiger partial charge is 0.390 e. The molecular formula is C15H26N5O4S. The summed E-state index contributed by atoms with van der Waals surface area (Å²) in [5.74, 6) is 0.536. The van der Waals surface area contributed by atoms with Crippen LogP contribution in [0, 0.1) is 19.3 Å². The van der Waals surface area contributed by atoms with Crippen molar-refractivity contribution in [2.75, 3.05) is 13.1 Å². The first-order valence-corrected chi connectivity index (χ1v) is 9.85. The van der Waals surface area contributed by atoms with Crippen LogP contribution in [0.1, 0.15) is 38.9 Å². The number of aromatic nitrogens is 3. The van der Waals surface area contributed by atoms with E-state index >= 15 is 0 Å². The third kappa shape index (κ3) is 5.23. The molecular weight excluding hydrogens is 346 g/mol. The summed E-state index contributed by atoms with van der Waals surface area (Å²) in [4.78, 5) is 15.8. The predicted molar refractivity (Wildman–Crippen MR) is 90.8 cm³/mol. The van der Waals surface area contributed by atoms with Crippen molar-refractivity contribution in [1.82, 2.24) is 24.8 Å². The predicted octanol–water partition coefficient (Wildman–Crippen LogP) is -0.00629. The van der Waals surface area contributed by atoms with Gasteiger partial charge in [-0.25, -0.2) is 13.4 Å². The lowest BCUT2D eigenvalue weighted by Crippen LogP contribution is -2.47. The highest BCUT2D eigenvalue weighted by molar-refractivity contribution is 7.88. The quantitative estimate of drug-likeness (QED) is 0.644. The third-order valence-corrected chi connectivity index (χ3v) is 5.68. The van der Waals surface area contributed by atoms with Gasteiger partial charge < -0.3 is 10.4 Å². The van der Waals surface area contributed by atoms with Crippen molar-refractivity contribution in [1.29, 1.82) is 0 Å². The third-order valence-electron chi connectivity index (χ3n) is 4.03. The van der Waals surface area contributed by atoms with Crippen LogP contribution in [0.4, 0.5) is 0 Å². The number of hydrogen-bond acceptors (Lipinski definition) is 6. The van der Waals surface area contributed by atoms with E-state index in [0.29, 0.717) is 31.0 Å². The Hall–Kier alpha value is -1.52. The Bertz CT molecular complexity index is 688. The highest BCUT2D eigenvalue weighted by atomic mass is 32.2. The topological polar surface area (TPSA) is 128 Å². The molecule has 1 radical (unpaired) electrons. The molecule has 1 amide bonds. The number of hydrogen-bond donors (Lipinski definition) is 3. The number of amides is 1. The molecule has 1 aliphatic heterocycles. The Labute approximate surface area is 148 Å². The maximum atomic E-state index is 12.6. The number of aliphatic hydroxyl groups excluding tert-OH is 1. The number of carbonyl (C=O) groups is 1. The van der Waals surface area contributed by atoms with Crippen LogP contribution < -0.4 is 5.32 Å². The van der Waals surface area contributed by atoms with Gasteiger partial charge in [0.25, 0.3) is 15.2 Å². The molecule has 2 heterocycles. The molecule has 0 spiro atoms. The second-order valence-electron chi connectivity index (χ2n) is 6.72. The summed E-state index contributed by atoms with van der Waals surface area (Å²) in [6.07, 6.45) is 2.25. The zero-order chi connectivity index (χ0) is 18.6. The molecule has 1 aromatic rings. The van der Waals surface area contributed by atoms with E-state index < -0.39 is 22.2 Å². The fraction of sp³-hybridized carbons (Fsp3) is 0.733. The molecule has 0 aromatic carbocycles. The zero-order valence-electron chi connectivity index (χ0n) is 14.8. The standard InChI is InChI=1S/C15H26N5O4S/c1-10(2)6-7-14(22)17-12-5-4-8-20(9-13(12)21)25(23,24)15-16-11(3)18-19-15/h7,10,12-13,21H,4-6,8-9H2,1-3H3,(H,17,22)(H,16,18,19)/t12?,13-/m0/s1. The minimum atomic E-state index is -3.87. The molecule has 9 nitrogen and oxygen atoms in total. The van der Waals surface area contributed by atoms with E-state index in [1.54, 1.807) is 13.3 Å². The number of nitrogens with one attached hydrogen (secondary N) is 2. The molecule has 10 heteroatoms. The van der Waals surface area contributed by atoms with E-state index in [2.05, 4.69) is 20.5 Å². The second-order valence-corrected chi connectivity index (χ2v) is 8.56. The van der Waals surface area contributed by atoms with Crippen LogP contribution in [-0.4, -0.2) is 64.2 Å². The highest BCUT2D eigenvalue weighted by Gasteiger charge is 2.35. The van der Waals surface area contributed by atoms with Gasteiger partial charge in [0.2, 0.25) is 5.91 Å². The molecule has 1 aliphatic rings. The van der Waals surface area contributed by atoms with Gasteiger partial charge in [-0.05, 0) is 32.1 Å². The fourth-order valence-corrected chi connectivity index (χ4v) is 3.99. The molecule has 2 atom stereocenters. The number of sulfonamides is 1. The molecule has 141 valence electrons. The number of H-pyrrole nitrogens is 1. The van der Waals surface area contributed by atoms with Crippen LogP contribution in [0.2, 0.25) is 0 Å². The van der Waals surface area contributed by atoms with E-state index in [0.717, 1.165) is 0 Å². The lowest BCUT2D eigenvalue weighted by atomic mass is 10.0. The van der Waals surface area contributed by atoms with Crippen molar-refractivity contribution in [3.8, 4) is 0 Å². The van der Waals surface area contributed by atoms with Crippen LogP contribution in [0.25, 0.3) is 0 Å². The number of aromatic amines is 1. The zero-order valence-corrected chi connectivity index (χ0v) is 15.6. The normalized spacial score (nSPS) is 22.8. The number of aliphatic hydroxyl groups is 1. The van der Waals surface area contributed by atoms with Crippen molar-refractivity contribution in [2.24, 2.45) is 5.92 Å². The first-order valence-electron chi connectivity index (χ1n) is 8.41. The molecule has 3 N–H and O–H groups in total. The molecule has 0 bridgehead atoms. The van der Waals surface area contributed by atoms with Crippen LogP contribution in [-0.2, 0) is 14.8 Å². The maximum absolute atomic E-state index is 12.6. The van der Waals surface area contributed by atoms with Gasteiger partial charge in [-0.1, -0.05) is 13.8 Å². The van der Waals surface area contributed by atoms with Crippen molar-refractivity contribution in [3.63, 3.8) is 0 Å². The molecule has 1 unspecified atom stereocenters. The summed E-state index contributed by atoms with van der Waals surface area (Å²) in [5, 5.41) is 19.1. The maximum Gasteiger partial charge on any atom is 0.282 e. The summed E-state index contributed by atoms with van der Waals surface area (Å²) < 4.78 is 26.3. The van der Waals surface area contributed by atoms with Crippen LogP contribution in [0.3, 0.4) is 0 Å². The van der Waals surface area contributed by atoms with E-state index in [1.165, 1.54) is 4.31 Å². The second kappa shape index (κ2) is 8.24. The number of nitrogens with zero attached hydrogens (tertiary/aromatic N) is 3. The monoisotopic (exact) mass is 372 g/mol. The lowest BCUT2D eigenvalue weighted by molar-refractivity contribution is -0.119. The Balaban J connectivity index is 2.00. The Morgan fingerprint density at radius 3 is 2.84 bits per heavy atom. The first kappa shape index (κ1) is 19.8. The van der Waals surface area contributed by atoms with Crippen LogP contribution in [0.5, 0.6) is 0 Å². The fourth-order valence-electron chi connectivity index (χ4n) is 2.63.